The van der Waals surface area contributed by atoms with Gasteiger partial charge >= 0.3 is 0 Å². The van der Waals surface area contributed by atoms with Gasteiger partial charge < -0.3 is 9.80 Å². The zero-order valence-corrected chi connectivity index (χ0v) is 14.1. The third-order valence-electron chi connectivity index (χ3n) is 3.94. The summed E-state index contributed by atoms with van der Waals surface area (Å²) in [5.74, 6) is 1.90. The Hall–Kier alpha value is -1.66. The highest BCUT2D eigenvalue weighted by Gasteiger charge is 2.17. The number of hydrogen-bond acceptors (Lipinski definition) is 6. The van der Waals surface area contributed by atoms with Crippen LogP contribution in [0.15, 0.2) is 29.9 Å². The molecule has 3 heterocycles. The molecule has 0 saturated carbocycles. The van der Waals surface area contributed by atoms with Gasteiger partial charge in [-0.3, -0.25) is 9.88 Å². The minimum Gasteiger partial charge on any atom is -0.361 e. The Balaban J connectivity index is 1.63. The summed E-state index contributed by atoms with van der Waals surface area (Å²) in [6, 6.07) is 4.35. The summed E-state index contributed by atoms with van der Waals surface area (Å²) in [6.07, 6.45) is 4.85. The minimum absolute atomic E-state index is 0.914. The molecule has 1 saturated heterocycles. The predicted octanol–water partition coefficient (Wildman–Crippen LogP) is 2.32. The van der Waals surface area contributed by atoms with Crippen LogP contribution in [0.25, 0.3) is 0 Å². The summed E-state index contributed by atoms with van der Waals surface area (Å²) in [4.78, 5) is 17.4. The molecule has 1 aliphatic heterocycles. The van der Waals surface area contributed by atoms with Crippen molar-refractivity contribution in [2.45, 2.75) is 13.0 Å². The van der Waals surface area contributed by atoms with Gasteiger partial charge in [0.2, 0.25) is 0 Å². The van der Waals surface area contributed by atoms with Crippen molar-refractivity contribution in [3.63, 3.8) is 0 Å². The van der Waals surface area contributed by atoms with Crippen molar-refractivity contribution in [3.8, 4) is 0 Å². The van der Waals surface area contributed by atoms with Gasteiger partial charge in [-0.1, -0.05) is 6.07 Å². The van der Waals surface area contributed by atoms with Crippen LogP contribution in [0, 0.1) is 0 Å². The number of anilines is 2. The number of hydrogen-bond donors (Lipinski definition) is 0. The molecule has 0 atom stereocenters. The fraction of sp³-hybridized carbons (Fsp3) is 0.500. The quantitative estimate of drug-likeness (QED) is 0.865. The van der Waals surface area contributed by atoms with E-state index in [9.17, 15) is 0 Å². The fourth-order valence-electron chi connectivity index (χ4n) is 2.69. The molecule has 1 aliphatic rings. The van der Waals surface area contributed by atoms with Crippen molar-refractivity contribution in [2.24, 2.45) is 0 Å². The third kappa shape index (κ3) is 3.75. The van der Waals surface area contributed by atoms with E-state index in [4.69, 9.17) is 4.98 Å². The number of thiophene rings is 1. The van der Waals surface area contributed by atoms with Crippen molar-refractivity contribution in [1.82, 2.24) is 14.9 Å². The van der Waals surface area contributed by atoms with Gasteiger partial charge in [0.05, 0.1) is 12.4 Å². The zero-order valence-electron chi connectivity index (χ0n) is 13.3. The summed E-state index contributed by atoms with van der Waals surface area (Å²) in [7, 11) is 4.00. The highest BCUT2D eigenvalue weighted by molar-refractivity contribution is 7.09. The van der Waals surface area contributed by atoms with Gasteiger partial charge in [-0.25, -0.2) is 4.98 Å². The Labute approximate surface area is 136 Å². The van der Waals surface area contributed by atoms with Gasteiger partial charge in [-0.15, -0.1) is 11.3 Å². The molecule has 2 aromatic rings. The first-order valence-corrected chi connectivity index (χ1v) is 8.59. The molecule has 0 unspecified atom stereocenters. The molecular formula is C16H23N5S. The van der Waals surface area contributed by atoms with Crippen LogP contribution in [0.4, 0.5) is 11.6 Å². The Morgan fingerprint density at radius 3 is 2.86 bits per heavy atom. The molecule has 2 aromatic heterocycles. The largest absolute Gasteiger partial charge is 0.361 e. The normalized spacial score (nSPS) is 16.5. The van der Waals surface area contributed by atoms with Crippen LogP contribution in [0.5, 0.6) is 0 Å². The summed E-state index contributed by atoms with van der Waals surface area (Å²) < 4.78 is 0. The smallest absolute Gasteiger partial charge is 0.149 e. The van der Waals surface area contributed by atoms with Crippen molar-refractivity contribution in [1.29, 1.82) is 0 Å². The topological polar surface area (TPSA) is 35.5 Å². The molecule has 0 spiro atoms. The minimum atomic E-state index is 0.914. The third-order valence-corrected chi connectivity index (χ3v) is 4.80. The van der Waals surface area contributed by atoms with Crippen LogP contribution in [0.2, 0.25) is 0 Å². The zero-order chi connectivity index (χ0) is 15.4. The van der Waals surface area contributed by atoms with Gasteiger partial charge in [0.25, 0.3) is 0 Å². The molecule has 6 heteroatoms. The first-order valence-electron chi connectivity index (χ1n) is 7.71. The van der Waals surface area contributed by atoms with Gasteiger partial charge in [0, 0.05) is 51.7 Å². The van der Waals surface area contributed by atoms with E-state index in [1.54, 1.807) is 0 Å². The van der Waals surface area contributed by atoms with Gasteiger partial charge in [-0.2, -0.15) is 0 Å². The Morgan fingerprint density at radius 1 is 1.18 bits per heavy atom. The monoisotopic (exact) mass is 317 g/mol. The molecule has 0 N–H and O–H groups in total. The van der Waals surface area contributed by atoms with Crippen LogP contribution >= 0.6 is 11.3 Å². The number of rotatable bonds is 4. The van der Waals surface area contributed by atoms with Crippen molar-refractivity contribution in [3.05, 3.63) is 34.8 Å². The molecule has 22 heavy (non-hydrogen) atoms. The molecular weight excluding hydrogens is 294 g/mol. The standard InChI is InChI=1S/C16H23N5S/c1-19(2)15-11-17-12-16(18-15)21-7-4-6-20(8-9-21)13-14-5-3-10-22-14/h3,5,10-12H,4,6-9,13H2,1-2H3. The molecule has 3 rings (SSSR count). The van der Waals surface area contributed by atoms with E-state index >= 15 is 0 Å². The first kappa shape index (κ1) is 15.2. The average Bonchev–Trinajstić information content (AvgIpc) is 2.92. The lowest BCUT2D eigenvalue weighted by Crippen LogP contribution is -2.31. The summed E-state index contributed by atoms with van der Waals surface area (Å²) in [5, 5.41) is 2.15. The molecule has 5 nitrogen and oxygen atoms in total. The van der Waals surface area contributed by atoms with Gasteiger partial charge in [-0.05, 0) is 17.9 Å². The predicted molar refractivity (Wildman–Crippen MR) is 92.8 cm³/mol. The molecule has 0 aliphatic carbocycles. The summed E-state index contributed by atoms with van der Waals surface area (Å²) in [6.45, 7) is 5.35. The highest BCUT2D eigenvalue weighted by Crippen LogP contribution is 2.18. The number of nitrogens with zero attached hydrogens (tertiary/aromatic N) is 5. The van der Waals surface area contributed by atoms with Crippen molar-refractivity contribution >= 4 is 23.0 Å². The van der Waals surface area contributed by atoms with Gasteiger partial charge in [0.15, 0.2) is 0 Å². The second-order valence-corrected chi connectivity index (χ2v) is 6.86. The molecule has 0 aromatic carbocycles. The molecule has 0 radical (unpaired) electrons. The Kier molecular flexibility index (Phi) is 4.90. The van der Waals surface area contributed by atoms with Crippen LogP contribution in [-0.4, -0.2) is 55.1 Å². The van der Waals surface area contributed by atoms with E-state index in [2.05, 4.69) is 32.3 Å². The molecule has 1 fully saturated rings. The van der Waals surface area contributed by atoms with E-state index in [0.29, 0.717) is 0 Å². The van der Waals surface area contributed by atoms with Crippen LogP contribution in [0.3, 0.4) is 0 Å². The maximum Gasteiger partial charge on any atom is 0.149 e. The number of aromatic nitrogens is 2. The molecule has 0 bridgehead atoms. The second-order valence-electron chi connectivity index (χ2n) is 5.83. The lowest BCUT2D eigenvalue weighted by molar-refractivity contribution is 0.288. The lowest BCUT2D eigenvalue weighted by Gasteiger charge is -2.23. The first-order chi connectivity index (χ1) is 10.7. The van der Waals surface area contributed by atoms with E-state index in [1.165, 1.54) is 11.3 Å². The maximum absolute atomic E-state index is 4.71. The lowest BCUT2D eigenvalue weighted by atomic mass is 10.3. The average molecular weight is 317 g/mol. The van der Waals surface area contributed by atoms with Crippen LogP contribution in [0.1, 0.15) is 11.3 Å². The second kappa shape index (κ2) is 7.07. The summed E-state index contributed by atoms with van der Waals surface area (Å²) in [5.41, 5.74) is 0. The Bertz CT molecular complexity index is 584. The van der Waals surface area contributed by atoms with Crippen LogP contribution < -0.4 is 9.80 Å². The molecule has 0 amide bonds. The van der Waals surface area contributed by atoms with Crippen molar-refractivity contribution < 1.29 is 0 Å². The van der Waals surface area contributed by atoms with E-state index in [0.717, 1.165) is 44.4 Å². The molecule has 118 valence electrons. The highest BCUT2D eigenvalue weighted by atomic mass is 32.1. The van der Waals surface area contributed by atoms with Gasteiger partial charge in [0.1, 0.15) is 11.6 Å². The van der Waals surface area contributed by atoms with E-state index in [1.807, 2.05) is 42.7 Å². The Morgan fingerprint density at radius 2 is 2.09 bits per heavy atom. The SMILES string of the molecule is CN(C)c1cncc(N2CCCN(Cc3cccs3)CC2)n1. The summed E-state index contributed by atoms with van der Waals surface area (Å²) >= 11 is 1.84. The van der Waals surface area contributed by atoms with Crippen molar-refractivity contribution in [2.75, 3.05) is 50.1 Å². The van der Waals surface area contributed by atoms with Crippen LogP contribution in [-0.2, 0) is 6.54 Å². The van der Waals surface area contributed by atoms with E-state index in [-0.39, 0.29) is 0 Å². The van der Waals surface area contributed by atoms with E-state index < -0.39 is 0 Å². The fourth-order valence-corrected chi connectivity index (χ4v) is 3.44. The maximum atomic E-state index is 4.71.